The van der Waals surface area contributed by atoms with Crippen LogP contribution in [0.15, 0.2) is 99.0 Å². The van der Waals surface area contributed by atoms with Gasteiger partial charge in [-0.15, -0.1) is 22.7 Å². The van der Waals surface area contributed by atoms with Crippen LogP contribution in [0.25, 0.3) is 0 Å². The minimum Gasteiger partial charge on any atom is -0.468 e. The van der Waals surface area contributed by atoms with E-state index in [1.54, 1.807) is 35.2 Å². The van der Waals surface area contributed by atoms with E-state index >= 15 is 0 Å². The molecule has 0 spiro atoms. The van der Waals surface area contributed by atoms with E-state index in [-0.39, 0.29) is 11.8 Å². The monoisotopic (exact) mass is 403 g/mol. The molecule has 5 rings (SSSR count). The Morgan fingerprint density at radius 1 is 0.679 bits per heavy atom. The predicted molar refractivity (Wildman–Crippen MR) is 112 cm³/mol. The molecular weight excluding hydrogens is 386 g/mol. The van der Waals surface area contributed by atoms with Crippen LogP contribution in [0.4, 0.5) is 0 Å². The molecule has 0 amide bonds. The van der Waals surface area contributed by atoms with Gasteiger partial charge in [-0.3, -0.25) is 4.98 Å². The SMILES string of the molecule is c1coc(C(c2cccs2)c2cccnc2C(c2ccco2)c2cccs2)c1. The van der Waals surface area contributed by atoms with E-state index in [2.05, 4.69) is 41.1 Å². The lowest BCUT2D eigenvalue weighted by Crippen LogP contribution is -2.11. The van der Waals surface area contributed by atoms with Gasteiger partial charge in [0.05, 0.1) is 30.1 Å². The molecule has 0 radical (unpaired) electrons. The lowest BCUT2D eigenvalue weighted by atomic mass is 9.87. The predicted octanol–water partition coefficient (Wildman–Crippen LogP) is 6.75. The highest BCUT2D eigenvalue weighted by atomic mass is 32.1. The molecule has 28 heavy (non-hydrogen) atoms. The van der Waals surface area contributed by atoms with Gasteiger partial charge in [-0.2, -0.15) is 0 Å². The first kappa shape index (κ1) is 17.2. The Kier molecular flexibility index (Phi) is 4.69. The Balaban J connectivity index is 1.72. The molecule has 0 aliphatic carbocycles. The summed E-state index contributed by atoms with van der Waals surface area (Å²) in [7, 11) is 0. The Bertz CT molecular complexity index is 952. The van der Waals surface area contributed by atoms with Gasteiger partial charge in [0.25, 0.3) is 0 Å². The number of aromatic nitrogens is 1. The van der Waals surface area contributed by atoms with Crippen LogP contribution < -0.4 is 0 Å². The van der Waals surface area contributed by atoms with Crippen LogP contribution in [0.2, 0.25) is 0 Å². The topological polar surface area (TPSA) is 39.2 Å². The first-order valence-electron chi connectivity index (χ1n) is 9.00. The average Bonchev–Trinajstić information content (AvgIpc) is 3.52. The minimum atomic E-state index is -0.0522. The second kappa shape index (κ2) is 7.62. The van der Waals surface area contributed by atoms with Crippen molar-refractivity contribution >= 4 is 22.7 Å². The van der Waals surface area contributed by atoms with Crippen molar-refractivity contribution in [1.29, 1.82) is 0 Å². The quantitative estimate of drug-likeness (QED) is 0.315. The molecular formula is C23H17NO2S2. The highest BCUT2D eigenvalue weighted by Crippen LogP contribution is 2.42. The van der Waals surface area contributed by atoms with Crippen LogP contribution in [0.5, 0.6) is 0 Å². The molecule has 0 N–H and O–H groups in total. The number of pyridine rings is 1. The number of thiophene rings is 2. The van der Waals surface area contributed by atoms with E-state index in [4.69, 9.17) is 13.8 Å². The van der Waals surface area contributed by atoms with Crippen LogP contribution in [0.3, 0.4) is 0 Å². The Morgan fingerprint density at radius 3 is 1.89 bits per heavy atom. The molecule has 0 aromatic carbocycles. The Morgan fingerprint density at radius 2 is 1.32 bits per heavy atom. The maximum Gasteiger partial charge on any atom is 0.118 e. The van der Waals surface area contributed by atoms with Crippen molar-refractivity contribution in [3.8, 4) is 0 Å². The van der Waals surface area contributed by atoms with Gasteiger partial charge in [0.15, 0.2) is 0 Å². The molecule has 3 nitrogen and oxygen atoms in total. The number of furan rings is 2. The summed E-state index contributed by atoms with van der Waals surface area (Å²) in [5, 5.41) is 4.20. The lowest BCUT2D eigenvalue weighted by molar-refractivity contribution is 0.493. The highest BCUT2D eigenvalue weighted by Gasteiger charge is 2.30. The maximum atomic E-state index is 5.85. The molecule has 2 unspecified atom stereocenters. The van der Waals surface area contributed by atoms with Gasteiger partial charge in [0, 0.05) is 16.0 Å². The van der Waals surface area contributed by atoms with Gasteiger partial charge in [-0.1, -0.05) is 18.2 Å². The third kappa shape index (κ3) is 3.13. The summed E-state index contributed by atoms with van der Waals surface area (Å²) in [5.74, 6) is 1.76. The summed E-state index contributed by atoms with van der Waals surface area (Å²) in [6, 6.07) is 20.5. The highest BCUT2D eigenvalue weighted by molar-refractivity contribution is 7.10. The van der Waals surface area contributed by atoms with E-state index in [9.17, 15) is 0 Å². The Hall–Kier alpha value is -2.89. The van der Waals surface area contributed by atoms with Gasteiger partial charge >= 0.3 is 0 Å². The van der Waals surface area contributed by atoms with E-state index in [1.807, 2.05) is 36.5 Å². The molecule has 2 atom stereocenters. The van der Waals surface area contributed by atoms with E-state index in [0.29, 0.717) is 0 Å². The molecule has 0 aliphatic rings. The fraction of sp³-hybridized carbons (Fsp3) is 0.0870. The van der Waals surface area contributed by atoms with Crippen LogP contribution in [-0.4, -0.2) is 4.98 Å². The number of hydrogen-bond acceptors (Lipinski definition) is 5. The summed E-state index contributed by atoms with van der Waals surface area (Å²) in [6.45, 7) is 0. The van der Waals surface area contributed by atoms with Crippen molar-refractivity contribution < 1.29 is 8.83 Å². The van der Waals surface area contributed by atoms with Crippen molar-refractivity contribution in [1.82, 2.24) is 4.98 Å². The molecule has 0 saturated carbocycles. The molecule has 138 valence electrons. The fourth-order valence-corrected chi connectivity index (χ4v) is 5.28. The van der Waals surface area contributed by atoms with E-state index < -0.39 is 0 Å². The first-order valence-corrected chi connectivity index (χ1v) is 10.8. The second-order valence-electron chi connectivity index (χ2n) is 6.41. The van der Waals surface area contributed by atoms with Gasteiger partial charge in [0.2, 0.25) is 0 Å². The molecule has 0 fully saturated rings. The average molecular weight is 404 g/mol. The summed E-state index contributed by atoms with van der Waals surface area (Å²) in [5.41, 5.74) is 2.13. The molecule has 0 saturated heterocycles. The number of rotatable bonds is 6. The zero-order valence-corrected chi connectivity index (χ0v) is 16.5. The van der Waals surface area contributed by atoms with E-state index in [0.717, 1.165) is 22.8 Å². The van der Waals surface area contributed by atoms with E-state index in [1.165, 1.54) is 9.75 Å². The van der Waals surface area contributed by atoms with Crippen molar-refractivity contribution in [2.75, 3.05) is 0 Å². The first-order chi connectivity index (χ1) is 13.9. The fourth-order valence-electron chi connectivity index (χ4n) is 3.59. The van der Waals surface area contributed by atoms with Crippen LogP contribution in [-0.2, 0) is 0 Å². The molecule has 5 aromatic rings. The zero-order valence-electron chi connectivity index (χ0n) is 14.9. The molecule has 5 heteroatoms. The van der Waals surface area contributed by atoms with Crippen molar-refractivity contribution in [3.05, 3.63) is 123 Å². The molecule has 5 heterocycles. The van der Waals surface area contributed by atoms with Gasteiger partial charge in [-0.25, -0.2) is 0 Å². The normalized spacial score (nSPS) is 13.4. The zero-order chi connectivity index (χ0) is 18.8. The van der Waals surface area contributed by atoms with Gasteiger partial charge in [0.1, 0.15) is 11.5 Å². The van der Waals surface area contributed by atoms with Crippen molar-refractivity contribution in [2.45, 2.75) is 11.8 Å². The van der Waals surface area contributed by atoms with Crippen LogP contribution in [0.1, 0.15) is 44.4 Å². The van der Waals surface area contributed by atoms with Gasteiger partial charge < -0.3 is 8.83 Å². The summed E-state index contributed by atoms with van der Waals surface area (Å²) in [4.78, 5) is 7.28. The summed E-state index contributed by atoms with van der Waals surface area (Å²) < 4.78 is 11.7. The lowest BCUT2D eigenvalue weighted by Gasteiger charge is -2.21. The van der Waals surface area contributed by atoms with Gasteiger partial charge in [-0.05, 0) is 58.8 Å². The third-order valence-corrected chi connectivity index (χ3v) is 6.64. The summed E-state index contributed by atoms with van der Waals surface area (Å²) in [6.07, 6.45) is 5.31. The number of nitrogens with zero attached hydrogens (tertiary/aromatic N) is 1. The molecule has 0 bridgehead atoms. The minimum absolute atomic E-state index is 0.00359. The van der Waals surface area contributed by atoms with Crippen LogP contribution in [0, 0.1) is 0 Å². The Labute approximate surface area is 170 Å². The van der Waals surface area contributed by atoms with Crippen molar-refractivity contribution in [2.24, 2.45) is 0 Å². The third-order valence-electron chi connectivity index (χ3n) is 4.77. The smallest absolute Gasteiger partial charge is 0.118 e. The number of hydrogen-bond donors (Lipinski definition) is 0. The molecule has 5 aromatic heterocycles. The van der Waals surface area contributed by atoms with Crippen molar-refractivity contribution in [3.63, 3.8) is 0 Å². The molecule has 0 aliphatic heterocycles. The summed E-state index contributed by atoms with van der Waals surface area (Å²) >= 11 is 3.45. The standard InChI is InChI=1S/C23H17NO2S2/c1-6-16(21(17-7-2-12-25-17)19-9-4-14-27-19)23(24-11-1)22(18-8-3-13-26-18)20-10-5-15-28-20/h1-15,21-22H. The van der Waals surface area contributed by atoms with Crippen LogP contribution >= 0.6 is 22.7 Å². The second-order valence-corrected chi connectivity index (χ2v) is 8.36. The largest absolute Gasteiger partial charge is 0.468 e. The maximum absolute atomic E-state index is 5.85.